The van der Waals surface area contributed by atoms with Gasteiger partial charge in [-0.15, -0.1) is 0 Å². The molecule has 2 aromatic rings. The number of hydrogen-bond acceptors (Lipinski definition) is 6. The highest BCUT2D eigenvalue weighted by atomic mass is 16.5. The minimum absolute atomic E-state index is 0.0649. The molecule has 1 saturated heterocycles. The van der Waals surface area contributed by atoms with Gasteiger partial charge >= 0.3 is 0 Å². The van der Waals surface area contributed by atoms with Crippen LogP contribution in [0, 0.1) is 0 Å². The van der Waals surface area contributed by atoms with Crippen LogP contribution in [0.1, 0.15) is 19.4 Å². The average Bonchev–Trinajstić information content (AvgIpc) is 2.62. The monoisotopic (exact) mass is 328 g/mol. The maximum atomic E-state index is 5.68. The molecule has 0 radical (unpaired) electrons. The summed E-state index contributed by atoms with van der Waals surface area (Å²) in [6.45, 7) is 8.13. The van der Waals surface area contributed by atoms with E-state index in [0.29, 0.717) is 18.2 Å². The molecule has 1 N–H and O–H groups in total. The fourth-order valence-electron chi connectivity index (χ4n) is 2.59. The summed E-state index contributed by atoms with van der Waals surface area (Å²) in [4.78, 5) is 10.9. The highest BCUT2D eigenvalue weighted by molar-refractivity contribution is 5.49. The van der Waals surface area contributed by atoms with Crippen LogP contribution < -0.4 is 15.0 Å². The molecule has 1 aromatic heterocycles. The first-order valence-electron chi connectivity index (χ1n) is 8.35. The highest BCUT2D eigenvalue weighted by Gasteiger charge is 2.11. The Morgan fingerprint density at radius 1 is 1.12 bits per heavy atom. The van der Waals surface area contributed by atoms with Crippen molar-refractivity contribution in [2.24, 2.45) is 0 Å². The van der Waals surface area contributed by atoms with Crippen molar-refractivity contribution in [2.45, 2.75) is 26.5 Å². The van der Waals surface area contributed by atoms with E-state index in [1.807, 2.05) is 13.8 Å². The van der Waals surface area contributed by atoms with E-state index in [2.05, 4.69) is 44.5 Å². The largest absolute Gasteiger partial charge is 0.472 e. The van der Waals surface area contributed by atoms with Crippen molar-refractivity contribution in [3.05, 3.63) is 42.2 Å². The second-order valence-electron chi connectivity index (χ2n) is 6.00. The molecule has 1 aliphatic rings. The van der Waals surface area contributed by atoms with Gasteiger partial charge < -0.3 is 19.7 Å². The standard InChI is InChI=1S/C18H24N4O2/c1-14(2)24-18-17(19-7-8-20-18)21-13-15-3-5-16(6-4-15)22-9-11-23-12-10-22/h3-8,14H,9-13H2,1-2H3,(H,19,21). The van der Waals surface area contributed by atoms with E-state index >= 15 is 0 Å². The quantitative estimate of drug-likeness (QED) is 0.880. The Balaban J connectivity index is 1.61. The average molecular weight is 328 g/mol. The molecule has 0 unspecified atom stereocenters. The van der Waals surface area contributed by atoms with Crippen LogP contribution >= 0.6 is 0 Å². The third-order valence-corrected chi connectivity index (χ3v) is 3.78. The summed E-state index contributed by atoms with van der Waals surface area (Å²) in [6.07, 6.45) is 3.37. The summed E-state index contributed by atoms with van der Waals surface area (Å²) in [5.74, 6) is 1.21. The fourth-order valence-corrected chi connectivity index (χ4v) is 2.59. The summed E-state index contributed by atoms with van der Waals surface area (Å²) < 4.78 is 11.1. The van der Waals surface area contributed by atoms with Crippen LogP contribution in [0.3, 0.4) is 0 Å². The van der Waals surface area contributed by atoms with Crippen molar-refractivity contribution >= 4 is 11.5 Å². The number of hydrogen-bond donors (Lipinski definition) is 1. The molecular formula is C18H24N4O2. The summed E-state index contributed by atoms with van der Waals surface area (Å²) >= 11 is 0. The molecule has 3 rings (SSSR count). The summed E-state index contributed by atoms with van der Waals surface area (Å²) in [7, 11) is 0. The van der Waals surface area contributed by atoms with Crippen LogP contribution in [0.5, 0.6) is 5.88 Å². The lowest BCUT2D eigenvalue weighted by Crippen LogP contribution is -2.36. The van der Waals surface area contributed by atoms with Gasteiger partial charge in [0.2, 0.25) is 0 Å². The lowest BCUT2D eigenvalue weighted by atomic mass is 10.2. The molecule has 6 heteroatoms. The van der Waals surface area contributed by atoms with E-state index in [9.17, 15) is 0 Å². The number of nitrogens with zero attached hydrogens (tertiary/aromatic N) is 3. The molecule has 0 saturated carbocycles. The predicted octanol–water partition coefficient (Wildman–Crippen LogP) is 2.71. The van der Waals surface area contributed by atoms with Crippen LogP contribution in [0.15, 0.2) is 36.7 Å². The van der Waals surface area contributed by atoms with Crippen LogP contribution in [0.25, 0.3) is 0 Å². The molecule has 0 spiro atoms. The number of ether oxygens (including phenoxy) is 2. The van der Waals surface area contributed by atoms with E-state index in [1.54, 1.807) is 12.4 Å². The predicted molar refractivity (Wildman–Crippen MR) is 94.6 cm³/mol. The van der Waals surface area contributed by atoms with Crippen molar-refractivity contribution in [1.82, 2.24) is 9.97 Å². The molecule has 128 valence electrons. The second-order valence-corrected chi connectivity index (χ2v) is 6.00. The first kappa shape index (κ1) is 16.5. The Bertz CT molecular complexity index is 640. The smallest absolute Gasteiger partial charge is 0.257 e. The van der Waals surface area contributed by atoms with Crippen LogP contribution in [0.2, 0.25) is 0 Å². The molecule has 6 nitrogen and oxygen atoms in total. The number of rotatable bonds is 6. The third-order valence-electron chi connectivity index (χ3n) is 3.78. The molecular weight excluding hydrogens is 304 g/mol. The molecule has 1 fully saturated rings. The molecule has 0 atom stereocenters. The first-order chi connectivity index (χ1) is 11.7. The van der Waals surface area contributed by atoms with Crippen molar-refractivity contribution < 1.29 is 9.47 Å². The molecule has 0 amide bonds. The zero-order chi connectivity index (χ0) is 16.8. The molecule has 2 heterocycles. The molecule has 24 heavy (non-hydrogen) atoms. The fraction of sp³-hybridized carbons (Fsp3) is 0.444. The third kappa shape index (κ3) is 4.35. The molecule has 0 aliphatic carbocycles. The zero-order valence-corrected chi connectivity index (χ0v) is 14.2. The van der Waals surface area contributed by atoms with Gasteiger partial charge in [-0.05, 0) is 31.5 Å². The summed E-state index contributed by atoms with van der Waals surface area (Å²) in [6, 6.07) is 8.59. The first-order valence-corrected chi connectivity index (χ1v) is 8.35. The van der Waals surface area contributed by atoms with Gasteiger partial charge in [-0.1, -0.05) is 12.1 Å². The Kier molecular flexibility index (Phi) is 5.48. The van der Waals surface area contributed by atoms with Gasteiger partial charge in [0.05, 0.1) is 19.3 Å². The van der Waals surface area contributed by atoms with E-state index < -0.39 is 0 Å². The second kappa shape index (κ2) is 7.97. The van der Waals surface area contributed by atoms with E-state index in [0.717, 1.165) is 26.3 Å². The Morgan fingerprint density at radius 3 is 2.54 bits per heavy atom. The lowest BCUT2D eigenvalue weighted by Gasteiger charge is -2.28. The van der Waals surface area contributed by atoms with Crippen LogP contribution in [0.4, 0.5) is 11.5 Å². The van der Waals surface area contributed by atoms with Crippen molar-refractivity contribution in [3.63, 3.8) is 0 Å². The van der Waals surface area contributed by atoms with Crippen LogP contribution in [-0.2, 0) is 11.3 Å². The Hall–Kier alpha value is -2.34. The van der Waals surface area contributed by atoms with Gasteiger partial charge in [-0.2, -0.15) is 0 Å². The SMILES string of the molecule is CC(C)Oc1nccnc1NCc1ccc(N2CCOCC2)cc1. The highest BCUT2D eigenvalue weighted by Crippen LogP contribution is 2.21. The maximum Gasteiger partial charge on any atom is 0.257 e. The molecule has 1 aliphatic heterocycles. The number of aromatic nitrogens is 2. The van der Waals surface area contributed by atoms with Gasteiger partial charge in [0.15, 0.2) is 5.82 Å². The van der Waals surface area contributed by atoms with E-state index in [-0.39, 0.29) is 6.10 Å². The van der Waals surface area contributed by atoms with Crippen molar-refractivity contribution in [1.29, 1.82) is 0 Å². The Labute approximate surface area is 142 Å². The van der Waals surface area contributed by atoms with Crippen molar-refractivity contribution in [2.75, 3.05) is 36.5 Å². The Morgan fingerprint density at radius 2 is 1.83 bits per heavy atom. The summed E-state index contributed by atoms with van der Waals surface area (Å²) in [5.41, 5.74) is 2.43. The normalized spacial score (nSPS) is 14.7. The number of nitrogens with one attached hydrogen (secondary N) is 1. The zero-order valence-electron chi connectivity index (χ0n) is 14.2. The van der Waals surface area contributed by atoms with Gasteiger partial charge in [0.1, 0.15) is 0 Å². The lowest BCUT2D eigenvalue weighted by molar-refractivity contribution is 0.122. The molecule has 1 aromatic carbocycles. The van der Waals surface area contributed by atoms with Gasteiger partial charge in [0.25, 0.3) is 5.88 Å². The topological polar surface area (TPSA) is 59.5 Å². The number of anilines is 2. The molecule has 0 bridgehead atoms. The summed E-state index contributed by atoms with van der Waals surface area (Å²) in [5, 5.41) is 3.30. The number of benzene rings is 1. The van der Waals surface area contributed by atoms with E-state index in [1.165, 1.54) is 11.3 Å². The maximum absolute atomic E-state index is 5.68. The van der Waals surface area contributed by atoms with Crippen LogP contribution in [-0.4, -0.2) is 42.4 Å². The van der Waals surface area contributed by atoms with Gasteiger partial charge in [0, 0.05) is 37.7 Å². The van der Waals surface area contributed by atoms with Gasteiger partial charge in [-0.3, -0.25) is 0 Å². The van der Waals surface area contributed by atoms with E-state index in [4.69, 9.17) is 9.47 Å². The van der Waals surface area contributed by atoms with Crippen molar-refractivity contribution in [3.8, 4) is 5.88 Å². The van der Waals surface area contributed by atoms with Gasteiger partial charge in [-0.25, -0.2) is 9.97 Å². The minimum atomic E-state index is 0.0649. The minimum Gasteiger partial charge on any atom is -0.472 e. The number of morpholine rings is 1.